The van der Waals surface area contributed by atoms with Gasteiger partial charge in [0, 0.05) is 18.2 Å². The fourth-order valence-electron chi connectivity index (χ4n) is 2.74. The zero-order valence-electron chi connectivity index (χ0n) is 11.7. The summed E-state index contributed by atoms with van der Waals surface area (Å²) in [4.78, 5) is 14.2. The lowest BCUT2D eigenvalue weighted by molar-refractivity contribution is 0.0677. The third-order valence-corrected chi connectivity index (χ3v) is 3.94. The van der Waals surface area contributed by atoms with E-state index in [0.717, 1.165) is 44.2 Å². The first-order chi connectivity index (χ1) is 9.54. The molecule has 1 aromatic carbocycles. The fourth-order valence-corrected chi connectivity index (χ4v) is 2.74. The van der Waals surface area contributed by atoms with Gasteiger partial charge >= 0.3 is 0 Å². The first-order valence-corrected chi connectivity index (χ1v) is 7.10. The molecule has 3 nitrogen and oxygen atoms in total. The summed E-state index contributed by atoms with van der Waals surface area (Å²) in [5, 5.41) is 0. The van der Waals surface area contributed by atoms with Gasteiger partial charge in [-0.25, -0.2) is 8.78 Å². The first-order valence-electron chi connectivity index (χ1n) is 7.10. The molecule has 5 heteroatoms. The number of nitrogens with two attached hydrogens (primary N) is 1. The smallest absolute Gasteiger partial charge is 0.254 e. The molecule has 0 radical (unpaired) electrons. The molecule has 1 atom stereocenters. The van der Waals surface area contributed by atoms with Crippen molar-refractivity contribution in [2.45, 2.75) is 45.1 Å². The SMILES string of the molecule is CCC1CCCCCN1C(=O)c1cc(F)c(N)c(F)c1. The lowest BCUT2D eigenvalue weighted by Gasteiger charge is -2.29. The molecule has 0 aromatic heterocycles. The number of anilines is 1. The average Bonchev–Trinajstić information content (AvgIpc) is 2.68. The number of likely N-dealkylation sites (tertiary alicyclic amines) is 1. The zero-order chi connectivity index (χ0) is 14.7. The van der Waals surface area contributed by atoms with Gasteiger partial charge in [0.2, 0.25) is 0 Å². The fraction of sp³-hybridized carbons (Fsp3) is 0.533. The number of benzene rings is 1. The second-order valence-corrected chi connectivity index (χ2v) is 5.26. The van der Waals surface area contributed by atoms with Crippen LogP contribution in [0.4, 0.5) is 14.5 Å². The lowest BCUT2D eigenvalue weighted by Crippen LogP contribution is -2.39. The molecule has 1 aliphatic rings. The summed E-state index contributed by atoms with van der Waals surface area (Å²) >= 11 is 0. The molecule has 1 aliphatic heterocycles. The molecule has 1 fully saturated rings. The highest BCUT2D eigenvalue weighted by Crippen LogP contribution is 2.23. The van der Waals surface area contributed by atoms with Gasteiger partial charge in [-0.15, -0.1) is 0 Å². The Hall–Kier alpha value is -1.65. The standard InChI is InChI=1S/C15H20F2N2O/c1-2-11-6-4-3-5-7-19(11)15(20)10-8-12(16)14(18)13(17)9-10/h8-9,11H,2-7,18H2,1H3. The highest BCUT2D eigenvalue weighted by molar-refractivity contribution is 5.94. The number of carbonyl (C=O) groups excluding carboxylic acids is 1. The van der Waals surface area contributed by atoms with Crippen LogP contribution in [0.25, 0.3) is 0 Å². The maximum absolute atomic E-state index is 13.5. The number of carbonyl (C=O) groups is 1. The average molecular weight is 282 g/mol. The molecule has 110 valence electrons. The van der Waals surface area contributed by atoms with Crippen molar-refractivity contribution in [2.24, 2.45) is 0 Å². The van der Waals surface area contributed by atoms with E-state index in [4.69, 9.17) is 5.73 Å². The Morgan fingerprint density at radius 3 is 2.55 bits per heavy atom. The molecule has 0 bridgehead atoms. The molecule has 0 spiro atoms. The molecule has 1 unspecified atom stereocenters. The van der Waals surface area contributed by atoms with Gasteiger partial charge in [-0.05, 0) is 31.4 Å². The van der Waals surface area contributed by atoms with Gasteiger partial charge in [0.1, 0.15) is 17.3 Å². The monoisotopic (exact) mass is 282 g/mol. The van der Waals surface area contributed by atoms with Crippen LogP contribution in [0.15, 0.2) is 12.1 Å². The van der Waals surface area contributed by atoms with Crippen molar-refractivity contribution in [3.8, 4) is 0 Å². The van der Waals surface area contributed by atoms with E-state index in [2.05, 4.69) is 0 Å². The van der Waals surface area contributed by atoms with E-state index in [1.54, 1.807) is 4.90 Å². The molecule has 1 heterocycles. The molecule has 1 saturated heterocycles. The van der Waals surface area contributed by atoms with Gasteiger partial charge in [0.05, 0.1) is 0 Å². The second kappa shape index (κ2) is 6.20. The summed E-state index contributed by atoms with van der Waals surface area (Å²) in [6, 6.07) is 2.20. The van der Waals surface area contributed by atoms with Crippen LogP contribution in [0, 0.1) is 11.6 Å². The predicted molar refractivity (Wildman–Crippen MR) is 74.4 cm³/mol. The minimum atomic E-state index is -0.878. The summed E-state index contributed by atoms with van der Waals surface area (Å²) in [7, 11) is 0. The van der Waals surface area contributed by atoms with Gasteiger partial charge in [0.25, 0.3) is 5.91 Å². The van der Waals surface area contributed by atoms with Gasteiger partial charge in [0.15, 0.2) is 0 Å². The molecule has 1 amide bonds. The number of hydrogen-bond acceptors (Lipinski definition) is 2. The van der Waals surface area contributed by atoms with Gasteiger partial charge in [-0.1, -0.05) is 19.8 Å². The Morgan fingerprint density at radius 2 is 1.95 bits per heavy atom. The van der Waals surface area contributed by atoms with Crippen LogP contribution in [0.1, 0.15) is 49.4 Å². The van der Waals surface area contributed by atoms with E-state index >= 15 is 0 Å². The highest BCUT2D eigenvalue weighted by Gasteiger charge is 2.26. The maximum Gasteiger partial charge on any atom is 0.254 e. The molecular formula is C15H20F2N2O. The summed E-state index contributed by atoms with van der Waals surface area (Å²) in [5.41, 5.74) is 4.73. The van der Waals surface area contributed by atoms with Gasteiger partial charge in [-0.2, -0.15) is 0 Å². The van der Waals surface area contributed by atoms with Crippen LogP contribution >= 0.6 is 0 Å². The number of halogens is 2. The topological polar surface area (TPSA) is 46.3 Å². The lowest BCUT2D eigenvalue weighted by atomic mass is 10.1. The molecule has 0 aliphatic carbocycles. The van der Waals surface area contributed by atoms with Gasteiger partial charge in [-0.3, -0.25) is 4.79 Å². The van der Waals surface area contributed by atoms with E-state index < -0.39 is 17.3 Å². The van der Waals surface area contributed by atoms with Crippen molar-refractivity contribution in [3.63, 3.8) is 0 Å². The van der Waals surface area contributed by atoms with Crippen LogP contribution in [0.2, 0.25) is 0 Å². The Bertz CT molecular complexity index is 482. The Kier molecular flexibility index (Phi) is 4.57. The summed E-state index contributed by atoms with van der Waals surface area (Å²) in [6.45, 7) is 2.67. The van der Waals surface area contributed by atoms with E-state index in [1.165, 1.54) is 0 Å². The number of rotatable bonds is 2. The largest absolute Gasteiger partial charge is 0.394 e. The van der Waals surface area contributed by atoms with Crippen molar-refractivity contribution >= 4 is 11.6 Å². The van der Waals surface area contributed by atoms with Crippen LogP contribution in [-0.4, -0.2) is 23.4 Å². The van der Waals surface area contributed by atoms with Gasteiger partial charge < -0.3 is 10.6 Å². The number of amides is 1. The maximum atomic E-state index is 13.5. The highest BCUT2D eigenvalue weighted by atomic mass is 19.1. The van der Waals surface area contributed by atoms with Crippen LogP contribution in [0.5, 0.6) is 0 Å². The molecule has 2 rings (SSSR count). The Morgan fingerprint density at radius 1 is 1.30 bits per heavy atom. The van der Waals surface area contributed by atoms with Crippen molar-refractivity contribution in [2.75, 3.05) is 12.3 Å². The predicted octanol–water partition coefficient (Wildman–Crippen LogP) is 3.34. The summed E-state index contributed by atoms with van der Waals surface area (Å²) in [6.07, 6.45) is 4.91. The van der Waals surface area contributed by atoms with E-state index in [9.17, 15) is 13.6 Å². The number of nitrogens with zero attached hydrogens (tertiary/aromatic N) is 1. The molecule has 20 heavy (non-hydrogen) atoms. The van der Waals surface area contributed by atoms with Crippen LogP contribution < -0.4 is 5.73 Å². The first kappa shape index (κ1) is 14.8. The number of nitrogen functional groups attached to an aromatic ring is 1. The molecular weight excluding hydrogens is 262 g/mol. The van der Waals surface area contributed by atoms with Crippen molar-refractivity contribution in [1.82, 2.24) is 4.90 Å². The Balaban J connectivity index is 2.29. The normalized spacial score (nSPS) is 19.8. The van der Waals surface area contributed by atoms with Crippen LogP contribution in [-0.2, 0) is 0 Å². The van der Waals surface area contributed by atoms with E-state index in [1.807, 2.05) is 6.92 Å². The number of hydrogen-bond donors (Lipinski definition) is 1. The van der Waals surface area contributed by atoms with E-state index in [-0.39, 0.29) is 17.5 Å². The molecule has 2 N–H and O–H groups in total. The summed E-state index contributed by atoms with van der Waals surface area (Å²) < 4.78 is 27.0. The quantitative estimate of drug-likeness (QED) is 0.846. The van der Waals surface area contributed by atoms with E-state index in [0.29, 0.717) is 6.54 Å². The van der Waals surface area contributed by atoms with Crippen LogP contribution in [0.3, 0.4) is 0 Å². The van der Waals surface area contributed by atoms with Crippen molar-refractivity contribution in [3.05, 3.63) is 29.3 Å². The minimum Gasteiger partial charge on any atom is -0.394 e. The zero-order valence-corrected chi connectivity index (χ0v) is 11.7. The third kappa shape index (κ3) is 2.92. The van der Waals surface area contributed by atoms with Crippen molar-refractivity contribution < 1.29 is 13.6 Å². The van der Waals surface area contributed by atoms with Crippen molar-refractivity contribution in [1.29, 1.82) is 0 Å². The minimum absolute atomic E-state index is 0.0366. The second-order valence-electron chi connectivity index (χ2n) is 5.26. The molecule has 1 aromatic rings. The third-order valence-electron chi connectivity index (χ3n) is 3.94. The molecule has 0 saturated carbocycles. The summed E-state index contributed by atoms with van der Waals surface area (Å²) in [5.74, 6) is -2.07. The Labute approximate surface area is 117 Å².